The average Bonchev–Trinajstić information content (AvgIpc) is 2.60. The first-order chi connectivity index (χ1) is 12.2. The minimum absolute atomic E-state index is 0. The van der Waals surface area contributed by atoms with Gasteiger partial charge >= 0.3 is 0 Å². The van der Waals surface area contributed by atoms with Gasteiger partial charge in [0.05, 0.1) is 6.54 Å². The first-order valence-corrected chi connectivity index (χ1v) is 9.61. The highest BCUT2D eigenvalue weighted by atomic mass is 127. The molecule has 1 saturated carbocycles. The van der Waals surface area contributed by atoms with E-state index in [4.69, 9.17) is 10.5 Å². The fraction of sp³-hybridized carbons (Fsp3) is 0.650. The van der Waals surface area contributed by atoms with E-state index in [1.54, 1.807) is 0 Å². The topological polar surface area (TPSA) is 71.7 Å². The number of aliphatic imine (C=N–C) groups is 1. The van der Waals surface area contributed by atoms with E-state index in [9.17, 15) is 0 Å². The number of nitrogens with one attached hydrogen (secondary N) is 2. The highest BCUT2D eigenvalue weighted by Crippen LogP contribution is 2.26. The van der Waals surface area contributed by atoms with Crippen LogP contribution in [0, 0.1) is 5.92 Å². The number of rotatable bonds is 7. The molecule has 0 amide bonds. The highest BCUT2D eigenvalue weighted by Gasteiger charge is 2.33. The van der Waals surface area contributed by atoms with E-state index in [0.29, 0.717) is 12.5 Å². The fourth-order valence-corrected chi connectivity index (χ4v) is 3.63. The first-order valence-electron chi connectivity index (χ1n) is 9.61. The van der Waals surface area contributed by atoms with Crippen molar-refractivity contribution in [2.45, 2.75) is 50.6 Å². The summed E-state index contributed by atoms with van der Waals surface area (Å²) >= 11 is 0. The molecular formula is C20H33IN4O. The van der Waals surface area contributed by atoms with Crippen LogP contribution in [0.15, 0.2) is 35.3 Å². The molecule has 0 spiro atoms. The maximum Gasteiger partial charge on any atom is 0.188 e. The molecule has 1 atom stereocenters. The molecule has 2 aliphatic rings. The Bertz CT molecular complexity index is 556. The summed E-state index contributed by atoms with van der Waals surface area (Å²) in [5, 5.41) is 7.12. The Hall–Kier alpha value is -0.860. The quantitative estimate of drug-likeness (QED) is 0.324. The van der Waals surface area contributed by atoms with Crippen molar-refractivity contribution in [3.8, 4) is 0 Å². The summed E-state index contributed by atoms with van der Waals surface area (Å²) in [6.07, 6.45) is 5.91. The van der Waals surface area contributed by atoms with Crippen LogP contribution < -0.4 is 16.4 Å². The molecule has 0 bridgehead atoms. The number of hydrogen-bond donors (Lipinski definition) is 3. The highest BCUT2D eigenvalue weighted by molar-refractivity contribution is 14.0. The molecule has 0 radical (unpaired) electrons. The number of nitrogens with zero attached hydrogens (tertiary/aromatic N) is 1. The average molecular weight is 472 g/mol. The van der Waals surface area contributed by atoms with Crippen molar-refractivity contribution < 1.29 is 4.74 Å². The van der Waals surface area contributed by atoms with Gasteiger partial charge in [0.2, 0.25) is 0 Å². The zero-order valence-electron chi connectivity index (χ0n) is 15.7. The molecule has 1 heterocycles. The van der Waals surface area contributed by atoms with Crippen LogP contribution in [0.3, 0.4) is 0 Å². The summed E-state index contributed by atoms with van der Waals surface area (Å²) in [4.78, 5) is 4.66. The second kappa shape index (κ2) is 10.5. The maximum absolute atomic E-state index is 6.10. The fourth-order valence-electron chi connectivity index (χ4n) is 3.63. The third-order valence-electron chi connectivity index (χ3n) is 5.62. The van der Waals surface area contributed by atoms with Crippen molar-refractivity contribution in [1.82, 2.24) is 10.6 Å². The van der Waals surface area contributed by atoms with Crippen LogP contribution in [0.25, 0.3) is 0 Å². The van der Waals surface area contributed by atoms with E-state index in [2.05, 4.69) is 52.9 Å². The van der Waals surface area contributed by atoms with Crippen molar-refractivity contribution in [1.29, 1.82) is 0 Å². The number of ether oxygens (including phenoxy) is 1. The predicted molar refractivity (Wildman–Crippen MR) is 118 cm³/mol. The van der Waals surface area contributed by atoms with Crippen LogP contribution in [0.1, 0.15) is 50.6 Å². The van der Waals surface area contributed by atoms with E-state index in [1.807, 2.05) is 0 Å². The monoisotopic (exact) mass is 472 g/mol. The van der Waals surface area contributed by atoms with Gasteiger partial charge in [-0.25, -0.2) is 0 Å². The molecule has 1 aromatic carbocycles. The largest absolute Gasteiger partial charge is 0.381 e. The van der Waals surface area contributed by atoms with Gasteiger partial charge < -0.3 is 21.1 Å². The Kier molecular flexibility index (Phi) is 8.63. The number of nitrogens with two attached hydrogens (primary N) is 1. The molecule has 1 unspecified atom stereocenters. The van der Waals surface area contributed by atoms with Gasteiger partial charge in [-0.1, -0.05) is 36.8 Å². The predicted octanol–water partition coefficient (Wildman–Crippen LogP) is 3.21. The van der Waals surface area contributed by atoms with Gasteiger partial charge in [0, 0.05) is 31.3 Å². The van der Waals surface area contributed by atoms with Crippen LogP contribution in [-0.4, -0.2) is 37.8 Å². The van der Waals surface area contributed by atoms with E-state index < -0.39 is 0 Å². The summed E-state index contributed by atoms with van der Waals surface area (Å²) < 4.78 is 5.58. The zero-order valence-corrected chi connectivity index (χ0v) is 18.1. The van der Waals surface area contributed by atoms with Crippen LogP contribution in [-0.2, 0) is 4.74 Å². The van der Waals surface area contributed by atoms with E-state index in [1.165, 1.54) is 24.8 Å². The van der Waals surface area contributed by atoms with Gasteiger partial charge in [-0.2, -0.15) is 0 Å². The van der Waals surface area contributed by atoms with Gasteiger partial charge in [0.1, 0.15) is 0 Å². The Balaban J connectivity index is 0.00000243. The van der Waals surface area contributed by atoms with Gasteiger partial charge in [0.15, 0.2) is 5.96 Å². The van der Waals surface area contributed by atoms with Crippen LogP contribution in [0.2, 0.25) is 0 Å². The summed E-state index contributed by atoms with van der Waals surface area (Å²) in [6.45, 7) is 5.42. The van der Waals surface area contributed by atoms with Crippen LogP contribution >= 0.6 is 24.0 Å². The second-order valence-corrected chi connectivity index (χ2v) is 7.55. The third-order valence-corrected chi connectivity index (χ3v) is 5.62. The molecule has 1 aliphatic heterocycles. The maximum atomic E-state index is 6.10. The Labute approximate surface area is 174 Å². The van der Waals surface area contributed by atoms with Crippen LogP contribution in [0.5, 0.6) is 0 Å². The molecule has 1 saturated heterocycles. The van der Waals surface area contributed by atoms with Gasteiger partial charge in [-0.15, -0.1) is 24.0 Å². The second-order valence-electron chi connectivity index (χ2n) is 7.55. The molecule has 6 heteroatoms. The normalized spacial score (nSPS) is 21.3. The number of hydrogen-bond acceptors (Lipinski definition) is 3. The van der Waals surface area contributed by atoms with E-state index >= 15 is 0 Å². The molecule has 146 valence electrons. The SMILES string of the molecule is CC(NC1(CN=C(N)NCC2CCC2)CCOCC1)c1ccccc1.I. The van der Waals surface area contributed by atoms with E-state index in [-0.39, 0.29) is 35.6 Å². The van der Waals surface area contributed by atoms with Gasteiger partial charge in [-0.05, 0) is 44.1 Å². The molecular weight excluding hydrogens is 439 g/mol. The Morgan fingerprint density at radius 1 is 1.27 bits per heavy atom. The van der Waals surface area contributed by atoms with Crippen molar-refractivity contribution >= 4 is 29.9 Å². The standard InChI is InChI=1S/C20H32N4O.HI/c1-16(18-8-3-2-4-9-18)24-20(10-12-25-13-11-20)15-23-19(21)22-14-17-6-5-7-17;/h2-4,8-9,16-17,24H,5-7,10-15H2,1H3,(H3,21,22,23);1H. The molecule has 1 aliphatic carbocycles. The zero-order chi connectivity index (χ0) is 17.5. The molecule has 26 heavy (non-hydrogen) atoms. The lowest BCUT2D eigenvalue weighted by atomic mass is 9.85. The van der Waals surface area contributed by atoms with Gasteiger partial charge in [0.25, 0.3) is 0 Å². The van der Waals surface area contributed by atoms with Crippen molar-refractivity contribution in [2.75, 3.05) is 26.3 Å². The minimum Gasteiger partial charge on any atom is -0.381 e. The molecule has 4 N–H and O–H groups in total. The Morgan fingerprint density at radius 3 is 2.58 bits per heavy atom. The van der Waals surface area contributed by atoms with Gasteiger partial charge in [-0.3, -0.25) is 4.99 Å². The number of halogens is 1. The smallest absolute Gasteiger partial charge is 0.188 e. The van der Waals surface area contributed by atoms with Crippen LogP contribution in [0.4, 0.5) is 0 Å². The summed E-state index contributed by atoms with van der Waals surface area (Å²) in [5.74, 6) is 1.36. The Morgan fingerprint density at radius 2 is 1.96 bits per heavy atom. The lowest BCUT2D eigenvalue weighted by molar-refractivity contribution is 0.0374. The van der Waals surface area contributed by atoms with Crippen molar-refractivity contribution in [3.05, 3.63) is 35.9 Å². The molecule has 5 nitrogen and oxygen atoms in total. The lowest BCUT2D eigenvalue weighted by Gasteiger charge is -2.39. The first kappa shape index (κ1) is 21.4. The molecule has 3 rings (SSSR count). The number of benzene rings is 1. The molecule has 1 aromatic rings. The molecule has 0 aromatic heterocycles. The third kappa shape index (κ3) is 6.09. The summed E-state index contributed by atoms with van der Waals surface area (Å²) in [6, 6.07) is 10.8. The summed E-state index contributed by atoms with van der Waals surface area (Å²) in [5.41, 5.74) is 7.35. The van der Waals surface area contributed by atoms with Crippen molar-refractivity contribution in [3.63, 3.8) is 0 Å². The molecule has 2 fully saturated rings. The van der Waals surface area contributed by atoms with E-state index in [0.717, 1.165) is 38.5 Å². The lowest BCUT2D eigenvalue weighted by Crippen LogP contribution is -2.53. The number of guanidine groups is 1. The summed E-state index contributed by atoms with van der Waals surface area (Å²) in [7, 11) is 0. The minimum atomic E-state index is -0.0454. The van der Waals surface area contributed by atoms with Crippen molar-refractivity contribution in [2.24, 2.45) is 16.6 Å².